The average Bonchev–Trinajstić information content (AvgIpc) is 3.09. The van der Waals surface area contributed by atoms with Crippen LogP contribution in [-0.4, -0.2) is 18.8 Å². The molecule has 96 valence electrons. The van der Waals surface area contributed by atoms with Crippen LogP contribution >= 0.6 is 0 Å². The Hall–Kier alpha value is -1.92. The van der Waals surface area contributed by atoms with Crippen molar-refractivity contribution in [2.75, 3.05) is 6.61 Å². The van der Waals surface area contributed by atoms with Gasteiger partial charge in [-0.15, -0.1) is 10.2 Å². The molecule has 1 aromatic carbocycles. The van der Waals surface area contributed by atoms with Crippen LogP contribution in [0.4, 0.5) is 13.2 Å². The Morgan fingerprint density at radius 1 is 1.33 bits per heavy atom. The molecule has 1 heterocycles. The maximum atomic E-state index is 12.9. The number of alkyl halides is 3. The van der Waals surface area contributed by atoms with Crippen molar-refractivity contribution in [3.63, 3.8) is 0 Å². The van der Waals surface area contributed by atoms with Crippen molar-refractivity contribution in [1.82, 2.24) is 0 Å². The van der Waals surface area contributed by atoms with Crippen molar-refractivity contribution >= 4 is 5.97 Å². The monoisotopic (exact) mass is 258 g/mol. The first-order chi connectivity index (χ1) is 8.42. The second kappa shape index (κ2) is 4.08. The number of benzene rings is 1. The summed E-state index contributed by atoms with van der Waals surface area (Å²) >= 11 is 0. The molecule has 0 aromatic heterocycles. The standard InChI is InChI=1S/C11H9F3N2O2/c1-2-18-9(17)7-5-3-4-6-8(7)10(15-16-10)11(12,13)14/h3-6H,2H2,1H3. The van der Waals surface area contributed by atoms with Gasteiger partial charge in [-0.3, -0.25) is 0 Å². The second-order valence-electron chi connectivity index (χ2n) is 3.64. The van der Waals surface area contributed by atoms with Gasteiger partial charge >= 0.3 is 17.8 Å². The van der Waals surface area contributed by atoms with E-state index in [1.165, 1.54) is 24.3 Å². The molecule has 4 nitrogen and oxygen atoms in total. The van der Waals surface area contributed by atoms with Crippen LogP contribution in [0.1, 0.15) is 22.8 Å². The van der Waals surface area contributed by atoms with E-state index in [0.29, 0.717) is 0 Å². The summed E-state index contributed by atoms with van der Waals surface area (Å²) in [5.74, 6) is -0.811. The molecule has 0 saturated carbocycles. The van der Waals surface area contributed by atoms with Crippen LogP contribution in [-0.2, 0) is 10.4 Å². The van der Waals surface area contributed by atoms with Crippen molar-refractivity contribution in [3.8, 4) is 0 Å². The van der Waals surface area contributed by atoms with Crippen LogP contribution in [0.2, 0.25) is 0 Å². The van der Waals surface area contributed by atoms with Crippen molar-refractivity contribution in [2.24, 2.45) is 10.2 Å². The van der Waals surface area contributed by atoms with Crippen LogP contribution in [0, 0.1) is 0 Å². The molecule has 0 atom stereocenters. The first-order valence-corrected chi connectivity index (χ1v) is 5.20. The van der Waals surface area contributed by atoms with Gasteiger partial charge in [-0.25, -0.2) is 4.79 Å². The van der Waals surface area contributed by atoms with Gasteiger partial charge in [-0.1, -0.05) is 18.2 Å². The highest BCUT2D eigenvalue weighted by Crippen LogP contribution is 2.53. The molecular weight excluding hydrogens is 249 g/mol. The Labute approximate surface area is 100 Å². The number of rotatable bonds is 3. The Morgan fingerprint density at radius 2 is 1.94 bits per heavy atom. The molecule has 7 heteroatoms. The third kappa shape index (κ3) is 1.85. The SMILES string of the molecule is CCOC(=O)c1ccccc1C1(C(F)(F)F)N=N1. The largest absolute Gasteiger partial charge is 0.462 e. The Kier molecular flexibility index (Phi) is 2.84. The van der Waals surface area contributed by atoms with E-state index in [-0.39, 0.29) is 17.7 Å². The first kappa shape index (κ1) is 12.5. The molecule has 0 amide bonds. The molecule has 0 fully saturated rings. The molecule has 2 rings (SSSR count). The number of hydrogen-bond donors (Lipinski definition) is 0. The number of carbonyl (C=O) groups is 1. The predicted octanol–water partition coefficient (Wildman–Crippen LogP) is 3.04. The van der Waals surface area contributed by atoms with Gasteiger partial charge < -0.3 is 4.74 Å². The molecule has 0 unspecified atom stereocenters. The van der Waals surface area contributed by atoms with Crippen molar-refractivity contribution in [2.45, 2.75) is 18.8 Å². The molecular formula is C11H9F3N2O2. The van der Waals surface area contributed by atoms with Gasteiger partial charge in [0.1, 0.15) is 0 Å². The minimum atomic E-state index is -4.66. The molecule has 1 aliphatic rings. The van der Waals surface area contributed by atoms with E-state index < -0.39 is 17.8 Å². The number of carbonyl (C=O) groups excluding carboxylic acids is 1. The van der Waals surface area contributed by atoms with Crippen molar-refractivity contribution in [3.05, 3.63) is 35.4 Å². The van der Waals surface area contributed by atoms with Crippen LogP contribution in [0.25, 0.3) is 0 Å². The van der Waals surface area contributed by atoms with Crippen molar-refractivity contribution in [1.29, 1.82) is 0 Å². The summed E-state index contributed by atoms with van der Waals surface area (Å²) in [7, 11) is 0. The summed E-state index contributed by atoms with van der Waals surface area (Å²) in [4.78, 5) is 11.6. The first-order valence-electron chi connectivity index (χ1n) is 5.20. The summed E-state index contributed by atoms with van der Waals surface area (Å²) in [6.45, 7) is 1.66. The molecule has 0 N–H and O–H groups in total. The summed E-state index contributed by atoms with van der Waals surface area (Å²) in [6.07, 6.45) is -4.66. The van der Waals surface area contributed by atoms with Gasteiger partial charge in [0.05, 0.1) is 12.2 Å². The topological polar surface area (TPSA) is 51.0 Å². The lowest BCUT2D eigenvalue weighted by Crippen LogP contribution is -2.32. The summed E-state index contributed by atoms with van der Waals surface area (Å²) in [5.41, 5.74) is -3.06. The smallest absolute Gasteiger partial charge is 0.442 e. The van der Waals surface area contributed by atoms with Crippen LogP contribution < -0.4 is 0 Å². The van der Waals surface area contributed by atoms with E-state index in [4.69, 9.17) is 4.74 Å². The zero-order chi connectivity index (χ0) is 13.4. The van der Waals surface area contributed by atoms with E-state index in [0.717, 1.165) is 0 Å². The van der Waals surface area contributed by atoms with E-state index in [1.54, 1.807) is 6.92 Å². The van der Waals surface area contributed by atoms with Crippen LogP contribution in [0.3, 0.4) is 0 Å². The normalized spacial score (nSPS) is 16.4. The van der Waals surface area contributed by atoms with Gasteiger partial charge in [-0.05, 0) is 13.0 Å². The van der Waals surface area contributed by atoms with Gasteiger partial charge in [0.15, 0.2) is 0 Å². The Morgan fingerprint density at radius 3 is 2.44 bits per heavy atom. The average molecular weight is 258 g/mol. The zero-order valence-electron chi connectivity index (χ0n) is 9.36. The van der Waals surface area contributed by atoms with Gasteiger partial charge in [-0.2, -0.15) is 13.2 Å². The van der Waals surface area contributed by atoms with Crippen LogP contribution in [0.15, 0.2) is 34.5 Å². The van der Waals surface area contributed by atoms with Gasteiger partial charge in [0.25, 0.3) is 0 Å². The molecule has 1 aliphatic heterocycles. The lowest BCUT2D eigenvalue weighted by atomic mass is 9.97. The van der Waals surface area contributed by atoms with E-state index in [1.807, 2.05) is 0 Å². The highest BCUT2D eigenvalue weighted by molar-refractivity contribution is 5.91. The molecule has 0 radical (unpaired) electrons. The number of hydrogen-bond acceptors (Lipinski definition) is 4. The fraction of sp³-hybridized carbons (Fsp3) is 0.364. The molecule has 0 saturated heterocycles. The highest BCUT2D eigenvalue weighted by atomic mass is 19.4. The predicted molar refractivity (Wildman–Crippen MR) is 55.0 cm³/mol. The van der Waals surface area contributed by atoms with Crippen molar-refractivity contribution < 1.29 is 22.7 Å². The third-order valence-corrected chi connectivity index (χ3v) is 2.49. The van der Waals surface area contributed by atoms with Gasteiger partial charge in [0, 0.05) is 5.56 Å². The Bertz CT molecular complexity index is 505. The van der Waals surface area contributed by atoms with Gasteiger partial charge in [0.2, 0.25) is 0 Å². The summed E-state index contributed by atoms with van der Waals surface area (Å²) in [6, 6.07) is 5.31. The highest BCUT2D eigenvalue weighted by Gasteiger charge is 2.66. The lowest BCUT2D eigenvalue weighted by molar-refractivity contribution is -0.166. The van der Waals surface area contributed by atoms with E-state index in [9.17, 15) is 18.0 Å². The summed E-state index contributed by atoms with van der Waals surface area (Å²) < 4.78 is 43.3. The van der Waals surface area contributed by atoms with E-state index >= 15 is 0 Å². The van der Waals surface area contributed by atoms with E-state index in [2.05, 4.69) is 10.2 Å². The number of esters is 1. The quantitative estimate of drug-likeness (QED) is 0.782. The number of nitrogens with zero attached hydrogens (tertiary/aromatic N) is 2. The maximum Gasteiger partial charge on any atom is 0.442 e. The minimum absolute atomic E-state index is 0.0838. The minimum Gasteiger partial charge on any atom is -0.462 e. The fourth-order valence-electron chi connectivity index (χ4n) is 1.60. The molecule has 0 spiro atoms. The molecule has 0 aliphatic carbocycles. The Balaban J connectivity index is 2.44. The fourth-order valence-corrected chi connectivity index (χ4v) is 1.60. The number of ether oxygens (including phenoxy) is 1. The maximum absolute atomic E-state index is 12.9. The molecule has 1 aromatic rings. The second-order valence-corrected chi connectivity index (χ2v) is 3.64. The number of halogens is 3. The summed E-state index contributed by atoms with van der Waals surface area (Å²) in [5, 5.41) is 6.14. The zero-order valence-corrected chi connectivity index (χ0v) is 9.36. The molecule has 18 heavy (non-hydrogen) atoms. The molecule has 0 bridgehead atoms. The lowest BCUT2D eigenvalue weighted by Gasteiger charge is -2.17. The third-order valence-electron chi connectivity index (χ3n) is 2.49. The van der Waals surface area contributed by atoms with Crippen LogP contribution in [0.5, 0.6) is 0 Å².